The number of amides is 1. The van der Waals surface area contributed by atoms with Gasteiger partial charge in [0.05, 0.1) is 23.8 Å². The molecule has 1 amide bonds. The molecule has 3 aromatic heterocycles. The Balaban J connectivity index is 1.66. The number of benzene rings is 1. The van der Waals surface area contributed by atoms with Gasteiger partial charge < -0.3 is 19.6 Å². The number of fused-ring (bicyclic) bond motifs is 2. The van der Waals surface area contributed by atoms with Crippen molar-refractivity contribution in [1.29, 1.82) is 0 Å². The van der Waals surface area contributed by atoms with E-state index in [1.807, 2.05) is 30.5 Å². The maximum Gasteiger partial charge on any atom is 0.328 e. The normalized spacial score (nSPS) is 12.2. The van der Waals surface area contributed by atoms with Crippen LogP contribution in [0.2, 0.25) is 0 Å². The van der Waals surface area contributed by atoms with Gasteiger partial charge in [-0.1, -0.05) is 23.4 Å². The number of para-hydroxylation sites is 1. The Morgan fingerprint density at radius 2 is 2.07 bits per heavy atom. The van der Waals surface area contributed by atoms with E-state index in [0.29, 0.717) is 28.1 Å². The number of hydrogen-bond donors (Lipinski definition) is 2. The van der Waals surface area contributed by atoms with Crippen molar-refractivity contribution >= 4 is 33.9 Å². The lowest BCUT2D eigenvalue weighted by Crippen LogP contribution is -2.43. The largest absolute Gasteiger partial charge is 0.467 e. The third-order valence-electron chi connectivity index (χ3n) is 4.88. The van der Waals surface area contributed by atoms with Gasteiger partial charge in [0, 0.05) is 29.2 Å². The molecule has 0 radical (unpaired) electrons. The number of carbonyl (C=O) groups is 2. The lowest BCUT2D eigenvalue weighted by Gasteiger charge is -2.17. The lowest BCUT2D eigenvalue weighted by atomic mass is 10.0. The quantitative estimate of drug-likeness (QED) is 0.506. The van der Waals surface area contributed by atoms with Gasteiger partial charge >= 0.3 is 5.97 Å². The van der Waals surface area contributed by atoms with Crippen LogP contribution in [0.1, 0.15) is 27.3 Å². The van der Waals surface area contributed by atoms with Crippen molar-refractivity contribution in [3.63, 3.8) is 0 Å². The van der Waals surface area contributed by atoms with E-state index in [1.54, 1.807) is 19.9 Å². The zero-order valence-electron chi connectivity index (χ0n) is 16.3. The van der Waals surface area contributed by atoms with E-state index in [9.17, 15) is 9.59 Å². The molecule has 0 saturated heterocycles. The number of esters is 1. The molecule has 4 aromatic rings. The molecule has 1 aromatic carbocycles. The van der Waals surface area contributed by atoms with Crippen molar-refractivity contribution in [2.75, 3.05) is 7.11 Å². The number of nitrogens with zero attached hydrogens (tertiary/aromatic N) is 2. The van der Waals surface area contributed by atoms with Crippen LogP contribution >= 0.6 is 0 Å². The number of methoxy groups -OCH3 is 1. The maximum atomic E-state index is 13.1. The van der Waals surface area contributed by atoms with Crippen molar-refractivity contribution in [1.82, 2.24) is 20.4 Å². The number of rotatable bonds is 5. The third-order valence-corrected chi connectivity index (χ3v) is 4.88. The summed E-state index contributed by atoms with van der Waals surface area (Å²) in [7, 11) is 1.30. The zero-order chi connectivity index (χ0) is 20.5. The van der Waals surface area contributed by atoms with Crippen molar-refractivity contribution < 1.29 is 18.8 Å². The molecule has 148 valence electrons. The first kappa shape index (κ1) is 18.7. The number of nitrogens with one attached hydrogen (secondary N) is 2. The zero-order valence-corrected chi connectivity index (χ0v) is 16.3. The van der Waals surface area contributed by atoms with Crippen molar-refractivity contribution in [2.24, 2.45) is 0 Å². The second-order valence-electron chi connectivity index (χ2n) is 6.87. The van der Waals surface area contributed by atoms with Crippen LogP contribution in [-0.2, 0) is 16.0 Å². The summed E-state index contributed by atoms with van der Waals surface area (Å²) in [5, 5.41) is 8.22. The number of aromatic nitrogens is 3. The molecule has 0 unspecified atom stereocenters. The van der Waals surface area contributed by atoms with Gasteiger partial charge in [-0.2, -0.15) is 0 Å². The first-order chi connectivity index (χ1) is 14.0. The van der Waals surface area contributed by atoms with Crippen molar-refractivity contribution in [2.45, 2.75) is 26.3 Å². The number of pyridine rings is 1. The average Bonchev–Trinajstić information content (AvgIpc) is 3.30. The molecule has 3 heterocycles. The number of H-pyrrole nitrogens is 1. The molecular formula is C21H20N4O4. The Kier molecular flexibility index (Phi) is 4.75. The second-order valence-corrected chi connectivity index (χ2v) is 6.87. The molecule has 0 bridgehead atoms. The lowest BCUT2D eigenvalue weighted by molar-refractivity contribution is -0.142. The van der Waals surface area contributed by atoms with Crippen LogP contribution in [0.5, 0.6) is 0 Å². The first-order valence-corrected chi connectivity index (χ1v) is 9.15. The topological polar surface area (TPSA) is 110 Å². The fraction of sp³-hybridized carbons (Fsp3) is 0.238. The van der Waals surface area contributed by atoms with Crippen molar-refractivity contribution in [3.8, 4) is 0 Å². The molecule has 29 heavy (non-hydrogen) atoms. The minimum Gasteiger partial charge on any atom is -0.467 e. The SMILES string of the molecule is COC(=O)[C@@H](Cc1c[nH]c2ccccc12)NC(=O)c1cc(C)nc2onc(C)c12. The Hall–Kier alpha value is -3.68. The van der Waals surface area contributed by atoms with Gasteiger partial charge in [-0.15, -0.1) is 0 Å². The third kappa shape index (κ3) is 3.44. The predicted octanol–water partition coefficient (Wildman–Crippen LogP) is 2.84. The van der Waals surface area contributed by atoms with E-state index in [4.69, 9.17) is 9.26 Å². The van der Waals surface area contributed by atoms with Gasteiger partial charge in [-0.3, -0.25) is 4.79 Å². The van der Waals surface area contributed by atoms with E-state index in [1.165, 1.54) is 7.11 Å². The summed E-state index contributed by atoms with van der Waals surface area (Å²) in [5.74, 6) is -0.935. The molecule has 0 fully saturated rings. The molecule has 0 aliphatic heterocycles. The highest BCUT2D eigenvalue weighted by Gasteiger charge is 2.26. The monoisotopic (exact) mass is 392 g/mol. The first-order valence-electron chi connectivity index (χ1n) is 9.15. The van der Waals surface area contributed by atoms with Crippen molar-refractivity contribution in [3.05, 3.63) is 59.0 Å². The molecule has 1 atom stereocenters. The molecule has 2 N–H and O–H groups in total. The van der Waals surface area contributed by atoms with Crippen LogP contribution in [0.4, 0.5) is 0 Å². The molecule has 4 rings (SSSR count). The molecular weight excluding hydrogens is 372 g/mol. The van der Waals surface area contributed by atoms with Crippen LogP contribution < -0.4 is 5.32 Å². The van der Waals surface area contributed by atoms with E-state index >= 15 is 0 Å². The van der Waals surface area contributed by atoms with Gasteiger partial charge in [0.15, 0.2) is 0 Å². The minimum atomic E-state index is -0.851. The summed E-state index contributed by atoms with van der Waals surface area (Å²) in [6, 6.07) is 8.58. The molecule has 0 saturated carbocycles. The molecule has 8 heteroatoms. The number of ether oxygens (including phenoxy) is 1. The van der Waals surface area contributed by atoms with Gasteiger partial charge in [0.2, 0.25) is 0 Å². The fourth-order valence-electron chi connectivity index (χ4n) is 3.49. The number of hydrogen-bond acceptors (Lipinski definition) is 6. The maximum absolute atomic E-state index is 13.1. The van der Waals surface area contributed by atoms with Crippen LogP contribution in [0, 0.1) is 13.8 Å². The number of carbonyl (C=O) groups excluding carboxylic acids is 2. The molecule has 0 aliphatic rings. The number of aromatic amines is 1. The van der Waals surface area contributed by atoms with Crippen LogP contribution in [0.3, 0.4) is 0 Å². The average molecular weight is 392 g/mol. The standard InChI is InChI=1S/C21H20N4O4/c1-11-8-15(18-12(2)25-29-20(18)23-11)19(26)24-17(21(27)28-3)9-13-10-22-16-7-5-4-6-14(13)16/h4-8,10,17,22H,9H2,1-3H3,(H,24,26)/t17-/m1/s1. The Bertz CT molecular complexity index is 1220. The summed E-state index contributed by atoms with van der Waals surface area (Å²) < 4.78 is 10.1. The fourth-order valence-corrected chi connectivity index (χ4v) is 3.49. The Morgan fingerprint density at radius 3 is 2.86 bits per heavy atom. The highest BCUT2D eigenvalue weighted by Crippen LogP contribution is 2.23. The van der Waals surface area contributed by atoms with Gasteiger partial charge in [0.1, 0.15) is 6.04 Å². The molecule has 0 aliphatic carbocycles. The summed E-state index contributed by atoms with van der Waals surface area (Å²) in [4.78, 5) is 32.9. The van der Waals surface area contributed by atoms with E-state index in [-0.39, 0.29) is 6.42 Å². The molecule has 0 spiro atoms. The van der Waals surface area contributed by atoms with Crippen LogP contribution in [-0.4, -0.2) is 40.2 Å². The second kappa shape index (κ2) is 7.38. The summed E-state index contributed by atoms with van der Waals surface area (Å²) in [6.07, 6.45) is 2.13. The summed E-state index contributed by atoms with van der Waals surface area (Å²) in [6.45, 7) is 3.50. The minimum absolute atomic E-state index is 0.290. The Labute approximate surface area is 166 Å². The van der Waals surface area contributed by atoms with Gasteiger partial charge in [0.25, 0.3) is 11.6 Å². The van der Waals surface area contributed by atoms with Gasteiger partial charge in [-0.25, -0.2) is 9.78 Å². The Morgan fingerprint density at radius 1 is 1.28 bits per heavy atom. The predicted molar refractivity (Wildman–Crippen MR) is 107 cm³/mol. The highest BCUT2D eigenvalue weighted by atomic mass is 16.5. The molecule has 8 nitrogen and oxygen atoms in total. The van der Waals surface area contributed by atoms with E-state index < -0.39 is 17.9 Å². The van der Waals surface area contributed by atoms with Crippen LogP contribution in [0.25, 0.3) is 22.0 Å². The van der Waals surface area contributed by atoms with Gasteiger partial charge in [-0.05, 0) is 31.5 Å². The van der Waals surface area contributed by atoms with E-state index in [2.05, 4.69) is 20.4 Å². The summed E-state index contributed by atoms with van der Waals surface area (Å²) >= 11 is 0. The van der Waals surface area contributed by atoms with E-state index in [0.717, 1.165) is 16.5 Å². The smallest absolute Gasteiger partial charge is 0.328 e. The van der Waals surface area contributed by atoms with Crippen LogP contribution in [0.15, 0.2) is 41.1 Å². The highest BCUT2D eigenvalue weighted by molar-refractivity contribution is 6.07. The summed E-state index contributed by atoms with van der Waals surface area (Å²) in [5.41, 5.74) is 3.70. The number of aryl methyl sites for hydroxylation is 2.